The zero-order valence-corrected chi connectivity index (χ0v) is 15.3. The lowest BCUT2D eigenvalue weighted by molar-refractivity contribution is -0.142. The summed E-state index contributed by atoms with van der Waals surface area (Å²) in [5.41, 5.74) is 8.44. The van der Waals surface area contributed by atoms with E-state index in [4.69, 9.17) is 15.2 Å². The normalized spacial score (nSPS) is 20.8. The molecule has 1 fully saturated rings. The van der Waals surface area contributed by atoms with Gasteiger partial charge in [0, 0.05) is 25.0 Å². The summed E-state index contributed by atoms with van der Waals surface area (Å²) in [4.78, 5) is 14.6. The van der Waals surface area contributed by atoms with Gasteiger partial charge in [0.25, 0.3) is 5.91 Å². The van der Waals surface area contributed by atoms with Crippen LogP contribution in [0.5, 0.6) is 5.75 Å². The van der Waals surface area contributed by atoms with E-state index in [9.17, 15) is 4.79 Å². The highest BCUT2D eigenvalue weighted by Crippen LogP contribution is 2.27. The van der Waals surface area contributed by atoms with Crippen molar-refractivity contribution in [1.29, 1.82) is 0 Å². The molecule has 0 aliphatic carbocycles. The molecule has 5 heteroatoms. The van der Waals surface area contributed by atoms with Crippen molar-refractivity contribution < 1.29 is 14.3 Å². The van der Waals surface area contributed by atoms with Crippen molar-refractivity contribution in [3.63, 3.8) is 0 Å². The van der Waals surface area contributed by atoms with Gasteiger partial charge in [-0.15, -0.1) is 0 Å². The average molecular weight is 354 g/mol. The van der Waals surface area contributed by atoms with Crippen molar-refractivity contribution in [3.05, 3.63) is 65.7 Å². The minimum atomic E-state index is -0.511. The van der Waals surface area contributed by atoms with Crippen LogP contribution in [0.15, 0.2) is 54.6 Å². The molecule has 138 valence electrons. The van der Waals surface area contributed by atoms with Crippen LogP contribution in [0.25, 0.3) is 0 Å². The quantitative estimate of drug-likeness (QED) is 0.866. The Kier molecular flexibility index (Phi) is 5.91. The molecular formula is C21H26N2O3. The summed E-state index contributed by atoms with van der Waals surface area (Å²) in [5.74, 6) is 0.939. The Labute approximate surface area is 154 Å². The summed E-state index contributed by atoms with van der Waals surface area (Å²) in [6.07, 6.45) is -0.511. The number of benzene rings is 2. The van der Waals surface area contributed by atoms with Gasteiger partial charge < -0.3 is 20.1 Å². The summed E-state index contributed by atoms with van der Waals surface area (Å²) in [5, 5.41) is 0. The predicted molar refractivity (Wildman–Crippen MR) is 101 cm³/mol. The Balaban J connectivity index is 1.57. The minimum absolute atomic E-state index is 0.0122. The third-order valence-electron chi connectivity index (χ3n) is 4.89. The average Bonchev–Trinajstić information content (AvgIpc) is 3.08. The van der Waals surface area contributed by atoms with E-state index in [1.54, 1.807) is 14.0 Å². The van der Waals surface area contributed by atoms with Gasteiger partial charge in [-0.05, 0) is 30.2 Å². The SMILES string of the molecule is COc1cccc(COC(C)C(=O)N2C[C@@H](N)[C@H](c3ccccc3)C2)c1. The van der Waals surface area contributed by atoms with Gasteiger partial charge in [-0.3, -0.25) is 4.79 Å². The minimum Gasteiger partial charge on any atom is -0.497 e. The molecule has 0 aromatic heterocycles. The number of methoxy groups -OCH3 is 1. The van der Waals surface area contributed by atoms with Crippen molar-refractivity contribution in [3.8, 4) is 5.75 Å². The Morgan fingerprint density at radius 1 is 1.19 bits per heavy atom. The molecule has 1 amide bonds. The molecule has 1 unspecified atom stereocenters. The number of rotatable bonds is 6. The Bertz CT molecular complexity index is 735. The number of nitrogens with zero attached hydrogens (tertiary/aromatic N) is 1. The zero-order valence-electron chi connectivity index (χ0n) is 15.3. The number of hydrogen-bond donors (Lipinski definition) is 1. The third-order valence-corrected chi connectivity index (χ3v) is 4.89. The van der Waals surface area contributed by atoms with Gasteiger partial charge in [-0.2, -0.15) is 0 Å². The number of ether oxygens (including phenoxy) is 2. The molecule has 5 nitrogen and oxygen atoms in total. The van der Waals surface area contributed by atoms with Gasteiger partial charge in [0.15, 0.2) is 0 Å². The van der Waals surface area contributed by atoms with E-state index in [0.29, 0.717) is 19.7 Å². The van der Waals surface area contributed by atoms with Crippen LogP contribution < -0.4 is 10.5 Å². The molecule has 0 radical (unpaired) electrons. The number of hydrogen-bond acceptors (Lipinski definition) is 4. The first-order valence-corrected chi connectivity index (χ1v) is 8.92. The summed E-state index contributed by atoms with van der Waals surface area (Å²) < 4.78 is 11.0. The van der Waals surface area contributed by atoms with Crippen molar-refractivity contribution in [2.75, 3.05) is 20.2 Å². The highest BCUT2D eigenvalue weighted by Gasteiger charge is 2.35. The maximum absolute atomic E-state index is 12.7. The van der Waals surface area contributed by atoms with Crippen molar-refractivity contribution >= 4 is 5.91 Å². The zero-order chi connectivity index (χ0) is 18.5. The van der Waals surface area contributed by atoms with Crippen LogP contribution in [0.2, 0.25) is 0 Å². The second kappa shape index (κ2) is 8.34. The molecule has 3 atom stereocenters. The van der Waals surface area contributed by atoms with Crippen LogP contribution in [0.4, 0.5) is 0 Å². The maximum Gasteiger partial charge on any atom is 0.251 e. The molecular weight excluding hydrogens is 328 g/mol. The molecule has 0 bridgehead atoms. The lowest BCUT2D eigenvalue weighted by Crippen LogP contribution is -2.39. The van der Waals surface area contributed by atoms with E-state index in [0.717, 1.165) is 11.3 Å². The van der Waals surface area contributed by atoms with Crippen LogP contribution >= 0.6 is 0 Å². The highest BCUT2D eigenvalue weighted by molar-refractivity contribution is 5.81. The monoisotopic (exact) mass is 354 g/mol. The summed E-state index contributed by atoms with van der Waals surface area (Å²) in [7, 11) is 1.63. The fourth-order valence-corrected chi connectivity index (χ4v) is 3.37. The molecule has 2 aromatic carbocycles. The number of carbonyl (C=O) groups is 1. The smallest absolute Gasteiger partial charge is 0.251 e. The van der Waals surface area contributed by atoms with E-state index in [-0.39, 0.29) is 17.9 Å². The molecule has 26 heavy (non-hydrogen) atoms. The molecule has 1 heterocycles. The van der Waals surface area contributed by atoms with Gasteiger partial charge in [0.2, 0.25) is 0 Å². The first kappa shape index (κ1) is 18.4. The largest absolute Gasteiger partial charge is 0.497 e. The molecule has 0 saturated carbocycles. The molecule has 1 aliphatic heterocycles. The fraction of sp³-hybridized carbons (Fsp3) is 0.381. The van der Waals surface area contributed by atoms with E-state index in [1.165, 1.54) is 5.56 Å². The topological polar surface area (TPSA) is 64.8 Å². The number of nitrogens with two attached hydrogens (primary N) is 1. The standard InChI is InChI=1S/C21H26N2O3/c1-15(26-14-16-7-6-10-18(11-16)25-2)21(24)23-12-19(20(22)13-23)17-8-4-3-5-9-17/h3-11,15,19-20H,12-14,22H2,1-2H3/t15?,19-,20+/m0/s1. The summed E-state index contributed by atoms with van der Waals surface area (Å²) in [6, 6.07) is 17.8. The van der Waals surface area contributed by atoms with Gasteiger partial charge in [-0.1, -0.05) is 42.5 Å². The van der Waals surface area contributed by atoms with E-state index in [2.05, 4.69) is 12.1 Å². The lowest BCUT2D eigenvalue weighted by atomic mass is 9.95. The number of likely N-dealkylation sites (tertiary alicyclic amines) is 1. The molecule has 2 aromatic rings. The van der Waals surface area contributed by atoms with Crippen molar-refractivity contribution in [2.24, 2.45) is 5.73 Å². The molecule has 0 spiro atoms. The molecule has 1 saturated heterocycles. The van der Waals surface area contributed by atoms with Crippen molar-refractivity contribution in [1.82, 2.24) is 4.90 Å². The van der Waals surface area contributed by atoms with Crippen LogP contribution in [0.1, 0.15) is 24.0 Å². The van der Waals surface area contributed by atoms with Crippen LogP contribution in [0, 0.1) is 0 Å². The van der Waals surface area contributed by atoms with Gasteiger partial charge in [-0.25, -0.2) is 0 Å². The Hall–Kier alpha value is -2.37. The first-order valence-electron chi connectivity index (χ1n) is 8.92. The molecule has 1 aliphatic rings. The maximum atomic E-state index is 12.7. The van der Waals surface area contributed by atoms with E-state index < -0.39 is 6.10 Å². The second-order valence-electron chi connectivity index (χ2n) is 6.73. The predicted octanol–water partition coefficient (Wildman–Crippen LogP) is 2.55. The second-order valence-corrected chi connectivity index (χ2v) is 6.73. The third kappa shape index (κ3) is 4.23. The van der Waals surface area contributed by atoms with Crippen LogP contribution in [0.3, 0.4) is 0 Å². The first-order chi connectivity index (χ1) is 12.6. The van der Waals surface area contributed by atoms with Gasteiger partial charge in [0.05, 0.1) is 13.7 Å². The van der Waals surface area contributed by atoms with E-state index >= 15 is 0 Å². The number of carbonyl (C=O) groups excluding carboxylic acids is 1. The van der Waals surface area contributed by atoms with Crippen LogP contribution in [-0.2, 0) is 16.1 Å². The van der Waals surface area contributed by atoms with Crippen LogP contribution in [-0.4, -0.2) is 43.2 Å². The van der Waals surface area contributed by atoms with Crippen molar-refractivity contribution in [2.45, 2.75) is 31.6 Å². The Morgan fingerprint density at radius 3 is 2.69 bits per heavy atom. The lowest BCUT2D eigenvalue weighted by Gasteiger charge is -2.21. The molecule has 2 N–H and O–H groups in total. The fourth-order valence-electron chi connectivity index (χ4n) is 3.37. The number of amides is 1. The Morgan fingerprint density at radius 2 is 1.96 bits per heavy atom. The molecule has 3 rings (SSSR count). The van der Waals surface area contributed by atoms with Gasteiger partial charge >= 0.3 is 0 Å². The summed E-state index contributed by atoms with van der Waals surface area (Å²) in [6.45, 7) is 3.36. The summed E-state index contributed by atoms with van der Waals surface area (Å²) >= 11 is 0. The highest BCUT2D eigenvalue weighted by atomic mass is 16.5. The van der Waals surface area contributed by atoms with Gasteiger partial charge in [0.1, 0.15) is 11.9 Å². The van der Waals surface area contributed by atoms with E-state index in [1.807, 2.05) is 47.4 Å².